The van der Waals surface area contributed by atoms with Crippen LogP contribution in [0.4, 0.5) is 0 Å². The molecule has 1 unspecified atom stereocenters. The van der Waals surface area contributed by atoms with Crippen LogP contribution in [0.15, 0.2) is 0 Å². The second kappa shape index (κ2) is 12.7. The first kappa shape index (κ1) is 27.0. The Bertz CT molecular complexity index is 579. The molecular formula is C21H41N3O5P+. The number of carbonyl (C=O) groups excluding carboxylic acids is 3. The van der Waals surface area contributed by atoms with Gasteiger partial charge in [0.1, 0.15) is 12.2 Å². The van der Waals surface area contributed by atoms with E-state index < -0.39 is 37.4 Å². The molecule has 1 rings (SSSR count). The van der Waals surface area contributed by atoms with Gasteiger partial charge in [-0.25, -0.2) is 9.79 Å². The van der Waals surface area contributed by atoms with Gasteiger partial charge in [-0.3, -0.25) is 14.4 Å². The second-order valence-corrected chi connectivity index (χ2v) is 11.6. The van der Waals surface area contributed by atoms with Gasteiger partial charge in [0, 0.05) is 0 Å². The zero-order valence-electron chi connectivity index (χ0n) is 18.9. The third kappa shape index (κ3) is 9.38. The van der Waals surface area contributed by atoms with Crippen molar-refractivity contribution in [1.82, 2.24) is 10.6 Å². The molecule has 1 aliphatic carbocycles. The molecule has 8 nitrogen and oxygen atoms in total. The van der Waals surface area contributed by atoms with E-state index in [0.29, 0.717) is 0 Å². The Balaban J connectivity index is 2.53. The van der Waals surface area contributed by atoms with Crippen LogP contribution in [-0.2, 0) is 14.4 Å². The lowest BCUT2D eigenvalue weighted by atomic mass is 9.91. The van der Waals surface area contributed by atoms with E-state index >= 15 is 0 Å². The molecule has 0 radical (unpaired) electrons. The first-order valence-corrected chi connectivity index (χ1v) is 13.2. The minimum Gasteiger partial charge on any atom is -0.347 e. The van der Waals surface area contributed by atoms with Gasteiger partial charge in [-0.05, 0) is 30.6 Å². The maximum Gasteiger partial charge on any atom is 0.275 e. The van der Waals surface area contributed by atoms with Crippen molar-refractivity contribution in [2.45, 2.75) is 78.3 Å². The Morgan fingerprint density at radius 3 is 2.20 bits per heavy atom. The van der Waals surface area contributed by atoms with Gasteiger partial charge in [-0.1, -0.05) is 53.4 Å². The van der Waals surface area contributed by atoms with Crippen LogP contribution in [-0.4, -0.2) is 58.3 Å². The van der Waals surface area contributed by atoms with Crippen molar-refractivity contribution in [1.29, 1.82) is 0 Å². The molecule has 1 saturated carbocycles. The topological polar surface area (TPSA) is 142 Å². The van der Waals surface area contributed by atoms with E-state index in [1.165, 1.54) is 6.42 Å². The van der Waals surface area contributed by atoms with Gasteiger partial charge in [0.05, 0.1) is 12.6 Å². The molecule has 6 N–H and O–H groups in total. The largest absolute Gasteiger partial charge is 0.347 e. The van der Waals surface area contributed by atoms with Gasteiger partial charge in [0.25, 0.3) is 7.72 Å². The van der Waals surface area contributed by atoms with Crippen LogP contribution < -0.4 is 16.4 Å². The number of ketones is 1. The lowest BCUT2D eigenvalue weighted by Gasteiger charge is -2.25. The van der Waals surface area contributed by atoms with Crippen LogP contribution in [0.5, 0.6) is 0 Å². The molecule has 9 heteroatoms. The van der Waals surface area contributed by atoms with Gasteiger partial charge in [-0.15, -0.1) is 0 Å². The summed E-state index contributed by atoms with van der Waals surface area (Å²) in [5.41, 5.74) is 5.94. The molecule has 0 aromatic rings. The molecule has 3 atom stereocenters. The van der Waals surface area contributed by atoms with Gasteiger partial charge in [-0.2, -0.15) is 0 Å². The Morgan fingerprint density at radius 2 is 1.67 bits per heavy atom. The third-order valence-electron chi connectivity index (χ3n) is 5.97. The zero-order chi connectivity index (χ0) is 22.9. The lowest BCUT2D eigenvalue weighted by Crippen LogP contribution is -2.55. The van der Waals surface area contributed by atoms with Crippen LogP contribution >= 0.6 is 7.72 Å². The maximum absolute atomic E-state index is 12.5. The van der Waals surface area contributed by atoms with Crippen LogP contribution in [0.2, 0.25) is 0 Å². The summed E-state index contributed by atoms with van der Waals surface area (Å²) in [7, 11) is -3.31. The fourth-order valence-electron chi connectivity index (χ4n) is 3.78. The van der Waals surface area contributed by atoms with Crippen LogP contribution in [0.1, 0.15) is 66.2 Å². The van der Waals surface area contributed by atoms with Crippen molar-refractivity contribution >= 4 is 25.3 Å². The zero-order valence-corrected chi connectivity index (χ0v) is 19.8. The quantitative estimate of drug-likeness (QED) is 0.288. The molecule has 0 aliphatic heterocycles. The van der Waals surface area contributed by atoms with Crippen molar-refractivity contribution < 1.29 is 24.2 Å². The van der Waals surface area contributed by atoms with Crippen LogP contribution in [0, 0.1) is 17.8 Å². The van der Waals surface area contributed by atoms with Gasteiger partial charge in [0.15, 0.2) is 11.9 Å². The highest BCUT2D eigenvalue weighted by Crippen LogP contribution is 2.52. The smallest absolute Gasteiger partial charge is 0.275 e. The first-order chi connectivity index (χ1) is 14.0. The fourth-order valence-corrected chi connectivity index (χ4v) is 5.78. The second-order valence-electron chi connectivity index (χ2n) is 9.12. The highest BCUT2D eigenvalue weighted by atomic mass is 31.2. The molecule has 0 bridgehead atoms. The molecule has 0 aromatic carbocycles. The van der Waals surface area contributed by atoms with Gasteiger partial charge in [0.2, 0.25) is 11.8 Å². The summed E-state index contributed by atoms with van der Waals surface area (Å²) in [5.74, 6) is -1.23. The summed E-state index contributed by atoms with van der Waals surface area (Å²) >= 11 is 0. The number of nitrogens with two attached hydrogens (primary N) is 1. The maximum atomic E-state index is 12.5. The molecule has 174 valence electrons. The molecule has 30 heavy (non-hydrogen) atoms. The third-order valence-corrected chi connectivity index (χ3v) is 7.93. The number of rotatable bonds is 12. The monoisotopic (exact) mass is 446 g/mol. The summed E-state index contributed by atoms with van der Waals surface area (Å²) in [6.45, 7) is 7.12. The number of amides is 2. The van der Waals surface area contributed by atoms with Crippen LogP contribution in [0.25, 0.3) is 0 Å². The van der Waals surface area contributed by atoms with Crippen molar-refractivity contribution in [3.63, 3.8) is 0 Å². The summed E-state index contributed by atoms with van der Waals surface area (Å²) < 4.78 is 0. The Labute approximate surface area is 181 Å². The lowest BCUT2D eigenvalue weighted by molar-refractivity contribution is -0.131. The van der Waals surface area contributed by atoms with Crippen LogP contribution in [0.3, 0.4) is 0 Å². The van der Waals surface area contributed by atoms with Gasteiger partial charge >= 0.3 is 0 Å². The van der Waals surface area contributed by atoms with E-state index in [0.717, 1.165) is 32.1 Å². The summed E-state index contributed by atoms with van der Waals surface area (Å²) in [6, 6.07) is -1.52. The van der Waals surface area contributed by atoms with Crippen molar-refractivity contribution in [3.8, 4) is 0 Å². The molecule has 0 heterocycles. The fraction of sp³-hybridized carbons (Fsp3) is 0.857. The standard InChI is InChI=1S/C21H40N3O5P/c1-5-15(4)18(22)20(26)24-19(14(2)3)21(27)23-11-17(25)13-30(28,29)12-16-9-7-6-8-10-16/h14-16,18-19,28-29H,5-13,22H2,1-4H3,(H-,23,24,26,27)/p+1/t15?,18-,19-/m0/s1. The Morgan fingerprint density at radius 1 is 1.07 bits per heavy atom. The predicted octanol–water partition coefficient (Wildman–Crippen LogP) is 1.60. The first-order valence-electron chi connectivity index (χ1n) is 11.1. The number of nitrogens with one attached hydrogen (secondary N) is 2. The predicted molar refractivity (Wildman–Crippen MR) is 120 cm³/mol. The van der Waals surface area contributed by atoms with Crippen molar-refractivity contribution in [2.75, 3.05) is 18.9 Å². The number of hydrogen-bond donors (Lipinski definition) is 5. The molecule has 1 fully saturated rings. The average Bonchev–Trinajstić information content (AvgIpc) is 2.68. The number of carbonyl (C=O) groups is 3. The van der Waals surface area contributed by atoms with E-state index in [2.05, 4.69) is 10.6 Å². The average molecular weight is 447 g/mol. The van der Waals surface area contributed by atoms with E-state index in [1.54, 1.807) is 13.8 Å². The Hall–Kier alpha value is -1.08. The molecule has 0 saturated heterocycles. The SMILES string of the molecule is CCC(C)[C@H](N)C(=O)N[C@H](C(=O)NCC(=O)C[P+](O)(O)CC1CCCCC1)C(C)C. The molecular weight excluding hydrogens is 405 g/mol. The summed E-state index contributed by atoms with van der Waals surface area (Å²) in [4.78, 5) is 57.7. The molecule has 0 aromatic heterocycles. The highest BCUT2D eigenvalue weighted by molar-refractivity contribution is 7.65. The van der Waals surface area contributed by atoms with E-state index in [1.807, 2.05) is 13.8 Å². The normalized spacial score (nSPS) is 18.5. The Kier molecular flexibility index (Phi) is 11.4. The minimum absolute atomic E-state index is 0.0159. The van der Waals surface area contributed by atoms with Crippen molar-refractivity contribution in [3.05, 3.63) is 0 Å². The van der Waals surface area contributed by atoms with E-state index in [-0.39, 0.29) is 36.6 Å². The van der Waals surface area contributed by atoms with E-state index in [9.17, 15) is 24.2 Å². The number of hydrogen-bond acceptors (Lipinski definition) is 6. The summed E-state index contributed by atoms with van der Waals surface area (Å²) in [6.07, 6.45) is 6.03. The van der Waals surface area contributed by atoms with Crippen molar-refractivity contribution in [2.24, 2.45) is 23.5 Å². The molecule has 1 aliphatic rings. The summed E-state index contributed by atoms with van der Waals surface area (Å²) in [5, 5.41) is 5.21. The molecule has 2 amide bonds. The number of Topliss-reactive ketones (excluding diaryl/α,β-unsaturated/α-hetero) is 1. The van der Waals surface area contributed by atoms with E-state index in [4.69, 9.17) is 5.73 Å². The highest BCUT2D eigenvalue weighted by Gasteiger charge is 2.39. The van der Waals surface area contributed by atoms with Gasteiger partial charge < -0.3 is 16.4 Å². The minimum atomic E-state index is -3.31. The molecule has 0 spiro atoms.